The van der Waals surface area contributed by atoms with Crippen LogP contribution in [0.4, 0.5) is 11.4 Å². The Kier molecular flexibility index (Phi) is 16.7. The zero-order valence-corrected chi connectivity index (χ0v) is 40.3. The second-order valence-corrected chi connectivity index (χ2v) is 18.8. The topological polar surface area (TPSA) is 160 Å². The van der Waals surface area contributed by atoms with E-state index in [2.05, 4.69) is 88.2 Å². The predicted molar refractivity (Wildman–Crippen MR) is 271 cm³/mol. The summed E-state index contributed by atoms with van der Waals surface area (Å²) in [5, 5.41) is 45.3. The van der Waals surface area contributed by atoms with Crippen LogP contribution in [0.1, 0.15) is 84.6 Å². The Morgan fingerprint density at radius 3 is 1.36 bits per heavy atom. The molecule has 2 unspecified atom stereocenters. The highest BCUT2D eigenvalue weighted by molar-refractivity contribution is 7.99. The van der Waals surface area contributed by atoms with E-state index < -0.39 is 0 Å². The van der Waals surface area contributed by atoms with Crippen molar-refractivity contribution in [2.45, 2.75) is 106 Å². The van der Waals surface area contributed by atoms with E-state index in [1.165, 1.54) is 15.2 Å². The number of phenolic OH excluding ortho intramolecular Hbond substituents is 2. The SMILES string of the molecule is CCCCC(CC)C(=O)Nc1ccc(-n2nc3ccc(Sc4ccc(C)cc4)cc3n2)c(O)c1.CCCCC(CC)C(=O)Nc1ccc(-n2nc3ccc(Sc4ccccc4)cc3n2)c(O)c1. The van der Waals surface area contributed by atoms with Crippen LogP contribution in [0.15, 0.2) is 147 Å². The van der Waals surface area contributed by atoms with Crippen LogP contribution in [0.2, 0.25) is 0 Å². The van der Waals surface area contributed by atoms with Crippen molar-refractivity contribution in [1.82, 2.24) is 30.0 Å². The maximum Gasteiger partial charge on any atom is 0.227 e. The van der Waals surface area contributed by atoms with Crippen LogP contribution < -0.4 is 10.6 Å². The molecule has 0 aliphatic carbocycles. The van der Waals surface area contributed by atoms with Gasteiger partial charge in [0.25, 0.3) is 0 Å². The number of carbonyl (C=O) groups is 2. The number of aryl methyl sites for hydroxylation is 1. The standard InChI is InChI=1S/C27H30N4O2S.C26H28N4O2S/c1-4-6-7-19(5-2)27(33)28-20-10-15-25(26(32)16-20)31-29-23-14-13-22(17-24(23)30-31)34-21-11-8-18(3)9-12-21;1-3-5-9-18(4-2)26(32)27-19-12-15-24(25(31)16-19)30-28-22-14-13-21(17-23(22)29-30)33-20-10-7-6-8-11-20/h8-17,19,32H,4-7H2,1-3H3,(H,28,33);6-8,10-18,31H,3-5,9H2,1-2H3,(H,27,32). The first-order valence-corrected chi connectivity index (χ1v) is 24.7. The van der Waals surface area contributed by atoms with Gasteiger partial charge in [0, 0.05) is 54.9 Å². The van der Waals surface area contributed by atoms with Crippen LogP contribution in [0.3, 0.4) is 0 Å². The lowest BCUT2D eigenvalue weighted by Gasteiger charge is -2.15. The Balaban J connectivity index is 0.000000199. The molecule has 0 saturated carbocycles. The van der Waals surface area contributed by atoms with Crippen LogP contribution in [-0.2, 0) is 9.59 Å². The second-order valence-electron chi connectivity index (χ2n) is 16.5. The molecule has 0 saturated heterocycles. The van der Waals surface area contributed by atoms with Gasteiger partial charge < -0.3 is 20.8 Å². The van der Waals surface area contributed by atoms with Gasteiger partial charge in [0.1, 0.15) is 44.9 Å². The van der Waals surface area contributed by atoms with Gasteiger partial charge in [0.2, 0.25) is 11.8 Å². The summed E-state index contributed by atoms with van der Waals surface area (Å²) in [4.78, 5) is 32.5. The van der Waals surface area contributed by atoms with Crippen molar-refractivity contribution in [2.75, 3.05) is 10.6 Å². The molecule has 6 aromatic carbocycles. The summed E-state index contributed by atoms with van der Waals surface area (Å²) in [7, 11) is 0. The smallest absolute Gasteiger partial charge is 0.227 e. The van der Waals surface area contributed by atoms with Crippen LogP contribution >= 0.6 is 23.5 Å². The van der Waals surface area contributed by atoms with E-state index in [1.54, 1.807) is 59.9 Å². The fraction of sp³-hybridized carbons (Fsp3) is 0.283. The van der Waals surface area contributed by atoms with Gasteiger partial charge >= 0.3 is 0 Å². The van der Waals surface area contributed by atoms with E-state index in [9.17, 15) is 19.8 Å². The fourth-order valence-electron chi connectivity index (χ4n) is 7.47. The second kappa shape index (κ2) is 23.2. The molecule has 12 nitrogen and oxygen atoms in total. The molecule has 2 aromatic heterocycles. The van der Waals surface area contributed by atoms with Crippen LogP contribution in [0, 0.1) is 18.8 Å². The summed E-state index contributed by atoms with van der Waals surface area (Å²) in [5.74, 6) is -0.0450. The van der Waals surface area contributed by atoms with E-state index in [-0.39, 0.29) is 35.1 Å². The molecular weight excluding hydrogens is 877 g/mol. The first-order chi connectivity index (χ1) is 32.5. The number of nitrogens with zero attached hydrogens (tertiary/aromatic N) is 6. The van der Waals surface area contributed by atoms with Gasteiger partial charge in [0.15, 0.2) is 0 Å². The van der Waals surface area contributed by atoms with Crippen LogP contribution in [-0.4, -0.2) is 52.0 Å². The van der Waals surface area contributed by atoms with Gasteiger partial charge in [-0.05, 0) is 118 Å². The van der Waals surface area contributed by atoms with E-state index in [4.69, 9.17) is 0 Å². The maximum absolute atomic E-state index is 12.6. The summed E-state index contributed by atoms with van der Waals surface area (Å²) in [6.07, 6.45) is 7.52. The highest BCUT2D eigenvalue weighted by atomic mass is 32.2. The van der Waals surface area contributed by atoms with Crippen molar-refractivity contribution >= 4 is 68.8 Å². The van der Waals surface area contributed by atoms with Crippen LogP contribution in [0.25, 0.3) is 33.4 Å². The third kappa shape index (κ3) is 12.8. The molecule has 8 aromatic rings. The van der Waals surface area contributed by atoms with Crippen molar-refractivity contribution in [1.29, 1.82) is 0 Å². The highest BCUT2D eigenvalue weighted by Crippen LogP contribution is 2.33. The number of nitrogens with one attached hydrogen (secondary N) is 2. The fourth-order valence-corrected chi connectivity index (χ4v) is 9.19. The average Bonchev–Trinajstić information content (AvgIpc) is 3.95. The lowest BCUT2D eigenvalue weighted by Crippen LogP contribution is -2.22. The molecule has 0 aliphatic heterocycles. The molecule has 0 aliphatic rings. The number of unbranched alkanes of at least 4 members (excludes halogenated alkanes) is 2. The lowest BCUT2D eigenvalue weighted by atomic mass is 9.98. The molecule has 346 valence electrons. The molecule has 0 bridgehead atoms. The number of phenols is 2. The van der Waals surface area contributed by atoms with E-state index >= 15 is 0 Å². The molecule has 4 N–H and O–H groups in total. The Morgan fingerprint density at radius 1 is 0.522 bits per heavy atom. The number of rotatable bonds is 18. The van der Waals surface area contributed by atoms with Crippen LogP contribution in [0.5, 0.6) is 11.5 Å². The first-order valence-electron chi connectivity index (χ1n) is 23.0. The van der Waals surface area contributed by atoms with Gasteiger partial charge in [-0.15, -0.1) is 30.0 Å². The lowest BCUT2D eigenvalue weighted by molar-refractivity contribution is -0.121. The van der Waals surface area contributed by atoms with E-state index in [0.29, 0.717) is 22.7 Å². The third-order valence-corrected chi connectivity index (χ3v) is 13.4. The average molecular weight is 935 g/mol. The molecule has 0 fully saturated rings. The van der Waals surface area contributed by atoms with Gasteiger partial charge in [-0.3, -0.25) is 9.59 Å². The minimum atomic E-state index is -0.0215. The summed E-state index contributed by atoms with van der Waals surface area (Å²) >= 11 is 3.33. The maximum atomic E-state index is 12.6. The number of aromatic nitrogens is 6. The molecule has 8 rings (SSSR count). The number of hydrogen-bond acceptors (Lipinski definition) is 10. The van der Waals surface area contributed by atoms with Gasteiger partial charge in [-0.25, -0.2) is 0 Å². The largest absolute Gasteiger partial charge is 0.506 e. The summed E-state index contributed by atoms with van der Waals surface area (Å²) in [6.45, 7) is 10.4. The normalized spacial score (nSPS) is 12.1. The van der Waals surface area contributed by atoms with Gasteiger partial charge in [0.05, 0.1) is 0 Å². The predicted octanol–water partition coefficient (Wildman–Crippen LogP) is 13.2. The Labute approximate surface area is 400 Å². The Morgan fingerprint density at radius 2 is 0.940 bits per heavy atom. The quantitative estimate of drug-likeness (QED) is 0.0652. The van der Waals surface area contributed by atoms with Gasteiger partial charge in [-0.2, -0.15) is 0 Å². The highest BCUT2D eigenvalue weighted by Gasteiger charge is 2.19. The summed E-state index contributed by atoms with van der Waals surface area (Å²) < 4.78 is 0. The van der Waals surface area contributed by atoms with Crippen molar-refractivity contribution in [3.8, 4) is 22.9 Å². The minimum absolute atomic E-state index is 0.00796. The monoisotopic (exact) mass is 934 g/mol. The molecule has 2 amide bonds. The number of anilines is 2. The molecule has 2 heterocycles. The molecule has 14 heteroatoms. The number of fused-ring (bicyclic) bond motifs is 2. The van der Waals surface area contributed by atoms with Crippen molar-refractivity contribution < 1.29 is 19.8 Å². The Bertz CT molecular complexity index is 2920. The van der Waals surface area contributed by atoms with Crippen molar-refractivity contribution in [3.63, 3.8) is 0 Å². The number of aromatic hydroxyl groups is 2. The number of amides is 2. The molecule has 0 radical (unpaired) electrons. The molecule has 67 heavy (non-hydrogen) atoms. The summed E-state index contributed by atoms with van der Waals surface area (Å²) in [6, 6.07) is 40.5. The van der Waals surface area contributed by atoms with E-state index in [0.717, 1.165) is 93.0 Å². The van der Waals surface area contributed by atoms with Crippen molar-refractivity contribution in [2.24, 2.45) is 11.8 Å². The number of hydrogen-bond donors (Lipinski definition) is 4. The number of carbonyl (C=O) groups excluding carboxylic acids is 2. The number of benzene rings is 6. The zero-order chi connectivity index (χ0) is 47.3. The first kappa shape index (κ1) is 48.3. The summed E-state index contributed by atoms with van der Waals surface area (Å²) in [5.41, 5.74) is 6.25. The molecule has 0 spiro atoms. The van der Waals surface area contributed by atoms with Gasteiger partial charge in [-0.1, -0.05) is 113 Å². The van der Waals surface area contributed by atoms with E-state index in [1.807, 2.05) is 68.4 Å². The zero-order valence-electron chi connectivity index (χ0n) is 38.6. The van der Waals surface area contributed by atoms with Crippen molar-refractivity contribution in [3.05, 3.63) is 133 Å². The Hall–Kier alpha value is -6.64. The molecule has 2 atom stereocenters. The minimum Gasteiger partial charge on any atom is -0.506 e. The third-order valence-electron chi connectivity index (χ3n) is 11.4. The molecular formula is C53H58N8O4S2.